The van der Waals surface area contributed by atoms with Gasteiger partial charge in [-0.05, 0) is 13.0 Å². The van der Waals surface area contributed by atoms with Gasteiger partial charge in [0, 0.05) is 5.41 Å². The van der Waals surface area contributed by atoms with Crippen molar-refractivity contribution < 1.29 is 9.21 Å². The van der Waals surface area contributed by atoms with Crippen LogP contribution in [-0.4, -0.2) is 6.29 Å². The monoisotopic (exact) mass is 166 g/mol. The van der Waals surface area contributed by atoms with Crippen molar-refractivity contribution in [2.24, 2.45) is 0 Å². The predicted octanol–water partition coefficient (Wildman–Crippen LogP) is 2.70. The largest absolute Gasteiger partial charge is 0.465 e. The number of aryl methyl sites for hydroxylation is 1. The number of aldehydes is 1. The minimum absolute atomic E-state index is 0.0218. The first kappa shape index (κ1) is 9.04. The highest BCUT2D eigenvalue weighted by atomic mass is 16.3. The van der Waals surface area contributed by atoms with Crippen LogP contribution in [0.2, 0.25) is 0 Å². The molecule has 12 heavy (non-hydrogen) atoms. The molecule has 0 unspecified atom stereocenters. The van der Waals surface area contributed by atoms with Gasteiger partial charge in [0.2, 0.25) is 0 Å². The number of rotatable bonds is 1. The lowest BCUT2D eigenvalue weighted by Gasteiger charge is -2.13. The zero-order valence-corrected chi connectivity index (χ0v) is 7.97. The Hall–Kier alpha value is -1.05. The molecule has 0 spiro atoms. The minimum Gasteiger partial charge on any atom is -0.465 e. The van der Waals surface area contributed by atoms with Crippen molar-refractivity contribution in [3.63, 3.8) is 0 Å². The van der Waals surface area contributed by atoms with Crippen molar-refractivity contribution in [1.82, 2.24) is 0 Å². The van der Waals surface area contributed by atoms with Gasteiger partial charge < -0.3 is 4.42 Å². The highest BCUT2D eigenvalue weighted by Gasteiger charge is 2.19. The van der Waals surface area contributed by atoms with E-state index in [1.165, 1.54) is 0 Å². The van der Waals surface area contributed by atoms with Crippen LogP contribution in [0.5, 0.6) is 0 Å². The highest BCUT2D eigenvalue weighted by molar-refractivity contribution is 5.76. The van der Waals surface area contributed by atoms with E-state index in [0.29, 0.717) is 11.3 Å². The lowest BCUT2D eigenvalue weighted by molar-refractivity contribution is 0.112. The Morgan fingerprint density at radius 2 is 2.00 bits per heavy atom. The quantitative estimate of drug-likeness (QED) is 0.600. The van der Waals surface area contributed by atoms with Gasteiger partial charge in [0.15, 0.2) is 6.29 Å². The molecule has 0 radical (unpaired) electrons. The Morgan fingerprint density at radius 3 is 2.25 bits per heavy atom. The first-order valence-electron chi connectivity index (χ1n) is 4.01. The van der Waals surface area contributed by atoms with E-state index in [1.807, 2.05) is 6.07 Å². The fourth-order valence-electron chi connectivity index (χ4n) is 0.983. The van der Waals surface area contributed by atoms with Crippen molar-refractivity contribution in [2.45, 2.75) is 33.1 Å². The van der Waals surface area contributed by atoms with E-state index in [2.05, 4.69) is 20.8 Å². The topological polar surface area (TPSA) is 30.2 Å². The summed E-state index contributed by atoms with van der Waals surface area (Å²) in [6, 6.07) is 1.81. The van der Waals surface area contributed by atoms with E-state index in [4.69, 9.17) is 4.42 Å². The number of furan rings is 1. The normalized spacial score (nSPS) is 11.7. The van der Waals surface area contributed by atoms with Crippen LogP contribution in [0.4, 0.5) is 0 Å². The van der Waals surface area contributed by atoms with Crippen LogP contribution in [0.3, 0.4) is 0 Å². The van der Waals surface area contributed by atoms with Gasteiger partial charge >= 0.3 is 0 Å². The summed E-state index contributed by atoms with van der Waals surface area (Å²) in [5.74, 6) is 1.57. The van der Waals surface area contributed by atoms with E-state index in [-0.39, 0.29) is 5.41 Å². The van der Waals surface area contributed by atoms with Crippen molar-refractivity contribution in [1.29, 1.82) is 0 Å². The molecule has 2 heteroatoms. The SMILES string of the molecule is Cc1oc(C(C)(C)C)cc1C=O. The Kier molecular flexibility index (Phi) is 2.09. The van der Waals surface area contributed by atoms with Gasteiger partial charge in [-0.2, -0.15) is 0 Å². The van der Waals surface area contributed by atoms with Crippen LogP contribution < -0.4 is 0 Å². The number of hydrogen-bond donors (Lipinski definition) is 0. The molecule has 1 heterocycles. The zero-order chi connectivity index (χ0) is 9.35. The molecule has 0 aliphatic carbocycles. The Bertz CT molecular complexity index is 289. The summed E-state index contributed by atoms with van der Waals surface area (Å²) in [5.41, 5.74) is 0.631. The van der Waals surface area contributed by atoms with Gasteiger partial charge in [0.1, 0.15) is 11.5 Å². The molecule has 2 nitrogen and oxygen atoms in total. The molecule has 1 aromatic heterocycles. The molecule has 0 aliphatic rings. The molecule has 0 bridgehead atoms. The maximum Gasteiger partial charge on any atom is 0.153 e. The summed E-state index contributed by atoms with van der Waals surface area (Å²) in [5, 5.41) is 0. The lowest BCUT2D eigenvalue weighted by atomic mass is 9.93. The zero-order valence-electron chi connectivity index (χ0n) is 7.97. The van der Waals surface area contributed by atoms with Crippen LogP contribution in [0.25, 0.3) is 0 Å². The molecule has 1 rings (SSSR count). The molecular formula is C10H14O2. The Labute approximate surface area is 72.6 Å². The van der Waals surface area contributed by atoms with E-state index < -0.39 is 0 Å². The van der Waals surface area contributed by atoms with Crippen LogP contribution >= 0.6 is 0 Å². The van der Waals surface area contributed by atoms with Crippen molar-refractivity contribution in [3.05, 3.63) is 23.2 Å². The molecule has 0 aromatic carbocycles. The third-order valence-corrected chi connectivity index (χ3v) is 1.82. The third kappa shape index (κ3) is 1.58. The first-order valence-corrected chi connectivity index (χ1v) is 4.01. The molecule has 0 amide bonds. The second-order valence-electron chi connectivity index (χ2n) is 3.99. The second kappa shape index (κ2) is 2.77. The fourth-order valence-corrected chi connectivity index (χ4v) is 0.983. The Morgan fingerprint density at radius 1 is 1.42 bits per heavy atom. The first-order chi connectivity index (χ1) is 5.45. The molecular weight excluding hydrogens is 152 g/mol. The van der Waals surface area contributed by atoms with Gasteiger partial charge in [0.25, 0.3) is 0 Å². The van der Waals surface area contributed by atoms with Crippen LogP contribution in [0.1, 0.15) is 42.6 Å². The Balaban J connectivity index is 3.13. The summed E-state index contributed by atoms with van der Waals surface area (Å²) in [7, 11) is 0. The fraction of sp³-hybridized carbons (Fsp3) is 0.500. The highest BCUT2D eigenvalue weighted by Crippen LogP contribution is 2.25. The van der Waals surface area contributed by atoms with Gasteiger partial charge in [-0.25, -0.2) is 0 Å². The van der Waals surface area contributed by atoms with E-state index in [1.54, 1.807) is 6.92 Å². The molecule has 66 valence electrons. The summed E-state index contributed by atoms with van der Waals surface area (Å²) in [4.78, 5) is 10.5. The summed E-state index contributed by atoms with van der Waals surface area (Å²) < 4.78 is 5.44. The molecule has 0 saturated carbocycles. The van der Waals surface area contributed by atoms with Crippen LogP contribution in [-0.2, 0) is 5.41 Å². The maximum atomic E-state index is 10.5. The van der Waals surface area contributed by atoms with Crippen LogP contribution in [0, 0.1) is 6.92 Å². The molecule has 1 aromatic rings. The smallest absolute Gasteiger partial charge is 0.153 e. The number of carbonyl (C=O) groups excluding carboxylic acids is 1. The van der Waals surface area contributed by atoms with Crippen molar-refractivity contribution >= 4 is 6.29 Å². The molecule has 0 fully saturated rings. The summed E-state index contributed by atoms with van der Waals surface area (Å²) in [6.45, 7) is 7.97. The maximum absolute atomic E-state index is 10.5. The van der Waals surface area contributed by atoms with E-state index >= 15 is 0 Å². The predicted molar refractivity (Wildman–Crippen MR) is 47.5 cm³/mol. The lowest BCUT2D eigenvalue weighted by Crippen LogP contribution is -2.09. The molecule has 0 N–H and O–H groups in total. The third-order valence-electron chi connectivity index (χ3n) is 1.82. The van der Waals surface area contributed by atoms with Gasteiger partial charge in [-0.15, -0.1) is 0 Å². The summed E-state index contributed by atoms with van der Waals surface area (Å²) in [6.07, 6.45) is 0.827. The van der Waals surface area contributed by atoms with E-state index in [0.717, 1.165) is 12.0 Å². The molecule has 0 atom stereocenters. The van der Waals surface area contributed by atoms with E-state index in [9.17, 15) is 4.79 Å². The number of carbonyl (C=O) groups is 1. The molecule has 0 aliphatic heterocycles. The molecule has 0 saturated heterocycles. The second-order valence-corrected chi connectivity index (χ2v) is 3.99. The average Bonchev–Trinajstić information content (AvgIpc) is 2.29. The van der Waals surface area contributed by atoms with Gasteiger partial charge in [-0.1, -0.05) is 20.8 Å². The van der Waals surface area contributed by atoms with Gasteiger partial charge in [0.05, 0.1) is 5.56 Å². The van der Waals surface area contributed by atoms with Crippen molar-refractivity contribution in [3.8, 4) is 0 Å². The average molecular weight is 166 g/mol. The summed E-state index contributed by atoms with van der Waals surface area (Å²) >= 11 is 0. The standard InChI is InChI=1S/C10H14O2/c1-7-8(6-11)5-9(12-7)10(2,3)4/h5-6H,1-4H3. The van der Waals surface area contributed by atoms with Gasteiger partial charge in [-0.3, -0.25) is 4.79 Å². The van der Waals surface area contributed by atoms with Crippen LogP contribution in [0.15, 0.2) is 10.5 Å². The number of hydrogen-bond acceptors (Lipinski definition) is 2. The minimum atomic E-state index is -0.0218. The van der Waals surface area contributed by atoms with Crippen molar-refractivity contribution in [2.75, 3.05) is 0 Å².